The Labute approximate surface area is 150 Å². The minimum Gasteiger partial charge on any atom is -0.507 e. The van der Waals surface area contributed by atoms with Crippen LogP contribution in [0.2, 0.25) is 0 Å². The van der Waals surface area contributed by atoms with E-state index in [0.717, 1.165) is 25.8 Å². The number of carbonyl (C=O) groups is 2. The molecular formula is C18H22BrNO4. The van der Waals surface area contributed by atoms with E-state index >= 15 is 0 Å². The molecular weight excluding hydrogens is 374 g/mol. The molecule has 1 aliphatic heterocycles. The number of nitrogens with zero attached hydrogens (tertiary/aromatic N) is 1. The number of ether oxygens (including phenoxy) is 1. The number of aromatic hydroxyl groups is 1. The number of phenolic OH excluding ortho intramolecular Hbond substituents is 1. The summed E-state index contributed by atoms with van der Waals surface area (Å²) >= 11 is 3.25. The van der Waals surface area contributed by atoms with Crippen LogP contribution in [0.5, 0.6) is 5.75 Å². The van der Waals surface area contributed by atoms with Crippen molar-refractivity contribution in [3.05, 3.63) is 28.2 Å². The molecule has 1 heterocycles. The Morgan fingerprint density at radius 3 is 2.79 bits per heavy atom. The lowest BCUT2D eigenvalue weighted by atomic mass is 9.78. The van der Waals surface area contributed by atoms with Crippen molar-refractivity contribution in [3.8, 4) is 5.75 Å². The summed E-state index contributed by atoms with van der Waals surface area (Å²) in [6.45, 7) is 0.480. The van der Waals surface area contributed by atoms with Crippen LogP contribution >= 0.6 is 15.9 Å². The highest BCUT2D eigenvalue weighted by atomic mass is 79.9. The van der Waals surface area contributed by atoms with E-state index in [1.807, 2.05) is 4.90 Å². The number of hydrogen-bond acceptors (Lipinski definition) is 4. The average molecular weight is 396 g/mol. The van der Waals surface area contributed by atoms with Crippen molar-refractivity contribution in [2.24, 2.45) is 5.92 Å². The quantitative estimate of drug-likeness (QED) is 0.795. The highest BCUT2D eigenvalue weighted by Crippen LogP contribution is 2.35. The molecule has 0 aromatic heterocycles. The van der Waals surface area contributed by atoms with Crippen LogP contribution in [0.4, 0.5) is 0 Å². The predicted octanol–water partition coefficient (Wildman–Crippen LogP) is 3.49. The summed E-state index contributed by atoms with van der Waals surface area (Å²) < 4.78 is 5.81. The smallest absolute Gasteiger partial charge is 0.342 e. The van der Waals surface area contributed by atoms with E-state index in [2.05, 4.69) is 15.9 Å². The van der Waals surface area contributed by atoms with Crippen LogP contribution in [0.3, 0.4) is 0 Å². The fraction of sp³-hybridized carbons (Fsp3) is 0.556. The van der Waals surface area contributed by atoms with Crippen molar-refractivity contribution in [1.82, 2.24) is 4.90 Å². The van der Waals surface area contributed by atoms with Crippen molar-refractivity contribution < 1.29 is 19.4 Å². The number of rotatable bonds is 3. The largest absolute Gasteiger partial charge is 0.507 e. The van der Waals surface area contributed by atoms with Gasteiger partial charge in [-0.25, -0.2) is 4.79 Å². The molecule has 24 heavy (non-hydrogen) atoms. The van der Waals surface area contributed by atoms with E-state index in [0.29, 0.717) is 16.4 Å². The summed E-state index contributed by atoms with van der Waals surface area (Å²) in [5.41, 5.74) is 0.0614. The van der Waals surface area contributed by atoms with Crippen LogP contribution in [-0.4, -0.2) is 41.1 Å². The zero-order valence-corrected chi connectivity index (χ0v) is 15.1. The third kappa shape index (κ3) is 3.74. The Morgan fingerprint density at radius 2 is 1.96 bits per heavy atom. The van der Waals surface area contributed by atoms with E-state index in [4.69, 9.17) is 4.74 Å². The van der Waals surface area contributed by atoms with Crippen molar-refractivity contribution in [2.45, 2.75) is 44.6 Å². The van der Waals surface area contributed by atoms with E-state index in [1.165, 1.54) is 31.4 Å². The van der Waals surface area contributed by atoms with Gasteiger partial charge in [0, 0.05) is 17.1 Å². The van der Waals surface area contributed by atoms with Gasteiger partial charge >= 0.3 is 5.97 Å². The van der Waals surface area contributed by atoms with Gasteiger partial charge in [-0.05, 0) is 49.8 Å². The fourth-order valence-corrected chi connectivity index (χ4v) is 4.26. The first-order chi connectivity index (χ1) is 11.6. The molecule has 0 spiro atoms. The first kappa shape index (κ1) is 17.3. The third-order valence-electron chi connectivity index (χ3n) is 5.07. The SMILES string of the molecule is O=C(OCC(=O)N1CCC[C@@H]2CCCC[C@@H]21)c1cc(Br)ccc1O. The number of likely N-dealkylation sites (tertiary alicyclic amines) is 1. The molecule has 1 aromatic carbocycles. The molecule has 2 atom stereocenters. The zero-order chi connectivity index (χ0) is 17.1. The maximum Gasteiger partial charge on any atom is 0.342 e. The molecule has 2 fully saturated rings. The second-order valence-corrected chi connectivity index (χ2v) is 7.49. The summed E-state index contributed by atoms with van der Waals surface area (Å²) in [7, 11) is 0. The van der Waals surface area contributed by atoms with Gasteiger partial charge in [-0.3, -0.25) is 4.79 Å². The lowest BCUT2D eigenvalue weighted by molar-refractivity contribution is -0.140. The van der Waals surface area contributed by atoms with Gasteiger partial charge in [0.05, 0.1) is 0 Å². The zero-order valence-electron chi connectivity index (χ0n) is 13.5. The first-order valence-electron chi connectivity index (χ1n) is 8.51. The minimum atomic E-state index is -0.681. The molecule has 1 saturated heterocycles. The van der Waals surface area contributed by atoms with Crippen LogP contribution in [0.15, 0.2) is 22.7 Å². The van der Waals surface area contributed by atoms with Crippen LogP contribution in [0.25, 0.3) is 0 Å². The van der Waals surface area contributed by atoms with E-state index in [1.54, 1.807) is 6.07 Å². The third-order valence-corrected chi connectivity index (χ3v) is 5.56. The molecule has 1 N–H and O–H groups in total. The highest BCUT2D eigenvalue weighted by Gasteiger charge is 2.35. The molecule has 0 bridgehead atoms. The van der Waals surface area contributed by atoms with Gasteiger partial charge < -0.3 is 14.7 Å². The molecule has 5 nitrogen and oxygen atoms in total. The molecule has 1 saturated carbocycles. The van der Waals surface area contributed by atoms with Crippen LogP contribution in [0.1, 0.15) is 48.9 Å². The topological polar surface area (TPSA) is 66.8 Å². The number of esters is 1. The summed E-state index contributed by atoms with van der Waals surface area (Å²) in [6, 6.07) is 4.84. The van der Waals surface area contributed by atoms with E-state index in [9.17, 15) is 14.7 Å². The van der Waals surface area contributed by atoms with Gasteiger partial charge in [-0.2, -0.15) is 0 Å². The number of piperidine rings is 1. The normalized spacial score (nSPS) is 23.5. The summed E-state index contributed by atoms with van der Waals surface area (Å²) in [4.78, 5) is 26.5. The van der Waals surface area contributed by atoms with Gasteiger partial charge in [0.15, 0.2) is 6.61 Å². The van der Waals surface area contributed by atoms with Gasteiger partial charge in [0.25, 0.3) is 5.91 Å². The monoisotopic (exact) mass is 395 g/mol. The molecule has 6 heteroatoms. The molecule has 3 rings (SSSR count). The van der Waals surface area contributed by atoms with E-state index < -0.39 is 5.97 Å². The van der Waals surface area contributed by atoms with E-state index in [-0.39, 0.29) is 23.8 Å². The van der Waals surface area contributed by atoms with Crippen molar-refractivity contribution in [2.75, 3.05) is 13.2 Å². The minimum absolute atomic E-state index is 0.0614. The number of hydrogen-bond donors (Lipinski definition) is 1. The highest BCUT2D eigenvalue weighted by molar-refractivity contribution is 9.10. The molecule has 0 radical (unpaired) electrons. The lowest BCUT2D eigenvalue weighted by Gasteiger charge is -2.44. The summed E-state index contributed by atoms with van der Waals surface area (Å²) in [5, 5.41) is 9.76. The van der Waals surface area contributed by atoms with Crippen LogP contribution in [0, 0.1) is 5.92 Å². The molecule has 1 aromatic rings. The predicted molar refractivity (Wildman–Crippen MR) is 92.8 cm³/mol. The van der Waals surface area contributed by atoms with Gasteiger partial charge in [0.1, 0.15) is 11.3 Å². The molecule has 1 amide bonds. The van der Waals surface area contributed by atoms with Crippen LogP contribution in [-0.2, 0) is 9.53 Å². The Balaban J connectivity index is 1.60. The summed E-state index contributed by atoms with van der Waals surface area (Å²) in [6.07, 6.45) is 6.88. The van der Waals surface area contributed by atoms with Gasteiger partial charge in [-0.15, -0.1) is 0 Å². The van der Waals surface area contributed by atoms with Gasteiger partial charge in [0.2, 0.25) is 0 Å². The Bertz CT molecular complexity index is 631. The number of carbonyl (C=O) groups excluding carboxylic acids is 2. The molecule has 0 unspecified atom stereocenters. The van der Waals surface area contributed by atoms with Crippen LogP contribution < -0.4 is 0 Å². The second-order valence-electron chi connectivity index (χ2n) is 6.58. The fourth-order valence-electron chi connectivity index (χ4n) is 3.89. The van der Waals surface area contributed by atoms with Gasteiger partial charge in [-0.1, -0.05) is 28.8 Å². The number of phenols is 1. The Hall–Kier alpha value is -1.56. The number of halogens is 1. The Kier molecular flexibility index (Phi) is 5.43. The lowest BCUT2D eigenvalue weighted by Crippen LogP contribution is -2.50. The van der Waals surface area contributed by atoms with Crippen molar-refractivity contribution in [3.63, 3.8) is 0 Å². The van der Waals surface area contributed by atoms with Crippen molar-refractivity contribution in [1.29, 1.82) is 0 Å². The maximum absolute atomic E-state index is 12.5. The molecule has 130 valence electrons. The Morgan fingerprint density at radius 1 is 1.21 bits per heavy atom. The maximum atomic E-state index is 12.5. The van der Waals surface area contributed by atoms with Crippen molar-refractivity contribution >= 4 is 27.8 Å². The average Bonchev–Trinajstić information content (AvgIpc) is 2.61. The second kappa shape index (κ2) is 7.55. The standard InChI is InChI=1S/C18H22BrNO4/c19-13-7-8-16(21)14(10-13)18(23)24-11-17(22)20-9-3-5-12-4-1-2-6-15(12)20/h7-8,10,12,15,21H,1-6,9,11H2/t12-,15-/m0/s1. The number of fused-ring (bicyclic) bond motifs is 1. The molecule has 1 aliphatic carbocycles. The number of benzene rings is 1. The summed E-state index contributed by atoms with van der Waals surface area (Å²) in [5.74, 6) is -0.365. The molecule has 2 aliphatic rings. The number of amides is 1. The first-order valence-corrected chi connectivity index (χ1v) is 9.30.